The standard InChI is InChI=1S/C23H24N4O2/c1-14-10-15(2)22(16(3)11-14)26-20-8-9-24-21(13-20)23(29)27-19-7-5-6-18(12-19)25-17(4)28/h5-13H,1-4H3,(H,24,26)(H,25,28)(H,27,29). The number of rotatable bonds is 5. The molecule has 3 aromatic rings. The molecule has 0 unspecified atom stereocenters. The van der Waals surface area contributed by atoms with Gasteiger partial charge in [0.25, 0.3) is 5.91 Å². The molecule has 148 valence electrons. The van der Waals surface area contributed by atoms with Crippen LogP contribution in [-0.4, -0.2) is 16.8 Å². The summed E-state index contributed by atoms with van der Waals surface area (Å²) in [6, 6.07) is 14.7. The van der Waals surface area contributed by atoms with Crippen LogP contribution in [-0.2, 0) is 4.79 Å². The first kappa shape index (κ1) is 20.1. The number of aryl methyl sites for hydroxylation is 3. The summed E-state index contributed by atoms with van der Waals surface area (Å²) in [6.07, 6.45) is 1.60. The first-order chi connectivity index (χ1) is 13.8. The highest BCUT2D eigenvalue weighted by molar-refractivity contribution is 6.04. The molecule has 6 nitrogen and oxygen atoms in total. The van der Waals surface area contributed by atoms with Crippen LogP contribution in [0.3, 0.4) is 0 Å². The van der Waals surface area contributed by atoms with Crippen molar-refractivity contribution in [2.24, 2.45) is 0 Å². The Bertz CT molecular complexity index is 1050. The van der Waals surface area contributed by atoms with E-state index in [9.17, 15) is 9.59 Å². The number of pyridine rings is 1. The molecule has 0 atom stereocenters. The third-order valence-corrected chi connectivity index (χ3v) is 4.38. The zero-order valence-electron chi connectivity index (χ0n) is 17.0. The van der Waals surface area contributed by atoms with Crippen molar-refractivity contribution in [3.8, 4) is 0 Å². The summed E-state index contributed by atoms with van der Waals surface area (Å²) >= 11 is 0. The molecule has 0 spiro atoms. The van der Waals surface area contributed by atoms with Crippen molar-refractivity contribution in [1.29, 1.82) is 0 Å². The number of carbonyl (C=O) groups excluding carboxylic acids is 2. The maximum absolute atomic E-state index is 12.6. The average Bonchev–Trinajstić information content (AvgIpc) is 2.64. The lowest BCUT2D eigenvalue weighted by Gasteiger charge is -2.14. The molecule has 0 aliphatic rings. The van der Waals surface area contributed by atoms with Gasteiger partial charge in [-0.3, -0.25) is 14.6 Å². The van der Waals surface area contributed by atoms with Gasteiger partial charge in [-0.05, 0) is 62.2 Å². The molecule has 29 heavy (non-hydrogen) atoms. The van der Waals surface area contributed by atoms with Crippen molar-refractivity contribution in [2.75, 3.05) is 16.0 Å². The van der Waals surface area contributed by atoms with Gasteiger partial charge >= 0.3 is 0 Å². The van der Waals surface area contributed by atoms with Gasteiger partial charge in [-0.1, -0.05) is 23.8 Å². The van der Waals surface area contributed by atoms with Crippen molar-refractivity contribution >= 4 is 34.6 Å². The summed E-state index contributed by atoms with van der Waals surface area (Å²) < 4.78 is 0. The maximum Gasteiger partial charge on any atom is 0.274 e. The minimum absolute atomic E-state index is 0.171. The second kappa shape index (κ2) is 8.56. The molecular weight excluding hydrogens is 364 g/mol. The summed E-state index contributed by atoms with van der Waals surface area (Å²) in [5, 5.41) is 8.90. The summed E-state index contributed by atoms with van der Waals surface area (Å²) in [7, 11) is 0. The summed E-state index contributed by atoms with van der Waals surface area (Å²) in [5.74, 6) is -0.499. The highest BCUT2D eigenvalue weighted by atomic mass is 16.2. The second-order valence-electron chi connectivity index (χ2n) is 7.04. The fourth-order valence-electron chi connectivity index (χ4n) is 3.23. The molecule has 1 aromatic heterocycles. The van der Waals surface area contributed by atoms with Crippen LogP contribution in [0.5, 0.6) is 0 Å². The fourth-order valence-corrected chi connectivity index (χ4v) is 3.23. The zero-order valence-corrected chi connectivity index (χ0v) is 17.0. The Balaban J connectivity index is 1.77. The number of hydrogen-bond acceptors (Lipinski definition) is 4. The van der Waals surface area contributed by atoms with Crippen LogP contribution in [0, 0.1) is 20.8 Å². The van der Waals surface area contributed by atoms with Gasteiger partial charge in [0, 0.05) is 35.9 Å². The molecule has 2 aromatic carbocycles. The molecule has 0 bridgehead atoms. The predicted octanol–water partition coefficient (Wildman–Crippen LogP) is 4.96. The zero-order chi connectivity index (χ0) is 21.0. The number of amides is 2. The third-order valence-electron chi connectivity index (χ3n) is 4.38. The lowest BCUT2D eigenvalue weighted by atomic mass is 10.0. The number of aromatic nitrogens is 1. The van der Waals surface area contributed by atoms with Crippen LogP contribution in [0.4, 0.5) is 22.7 Å². The molecule has 1 heterocycles. The Labute approximate surface area is 170 Å². The van der Waals surface area contributed by atoms with Gasteiger partial charge in [0.15, 0.2) is 0 Å². The summed E-state index contributed by atoms with van der Waals surface area (Å²) in [4.78, 5) is 28.0. The molecule has 0 fully saturated rings. The van der Waals surface area contributed by atoms with Gasteiger partial charge in [-0.15, -0.1) is 0 Å². The van der Waals surface area contributed by atoms with Crippen molar-refractivity contribution in [1.82, 2.24) is 4.98 Å². The molecule has 0 saturated carbocycles. The van der Waals surface area contributed by atoms with E-state index in [2.05, 4.69) is 53.8 Å². The van der Waals surface area contributed by atoms with Crippen molar-refractivity contribution in [2.45, 2.75) is 27.7 Å². The lowest BCUT2D eigenvalue weighted by molar-refractivity contribution is -0.114. The lowest BCUT2D eigenvalue weighted by Crippen LogP contribution is -2.14. The SMILES string of the molecule is CC(=O)Nc1cccc(NC(=O)c2cc(Nc3c(C)cc(C)cc3C)ccn2)c1. The Kier molecular flexibility index (Phi) is 5.93. The molecule has 0 saturated heterocycles. The van der Waals surface area contributed by atoms with Crippen LogP contribution in [0.2, 0.25) is 0 Å². The molecule has 3 rings (SSSR count). The smallest absolute Gasteiger partial charge is 0.274 e. The maximum atomic E-state index is 12.6. The molecule has 0 aliphatic carbocycles. The Hall–Kier alpha value is -3.67. The van der Waals surface area contributed by atoms with E-state index in [1.165, 1.54) is 12.5 Å². The highest BCUT2D eigenvalue weighted by Gasteiger charge is 2.11. The van der Waals surface area contributed by atoms with E-state index in [0.717, 1.165) is 22.5 Å². The molecule has 0 aliphatic heterocycles. The number of nitrogens with zero attached hydrogens (tertiary/aromatic N) is 1. The summed E-state index contributed by atoms with van der Waals surface area (Å²) in [5.41, 5.74) is 6.78. The van der Waals surface area contributed by atoms with E-state index in [1.807, 2.05) is 6.07 Å². The van der Waals surface area contributed by atoms with Crippen LogP contribution < -0.4 is 16.0 Å². The normalized spacial score (nSPS) is 10.3. The second-order valence-corrected chi connectivity index (χ2v) is 7.04. The van der Waals surface area contributed by atoms with Crippen molar-refractivity contribution in [3.63, 3.8) is 0 Å². The van der Waals surface area contributed by atoms with Gasteiger partial charge < -0.3 is 16.0 Å². The minimum atomic E-state index is -0.328. The van der Waals surface area contributed by atoms with E-state index >= 15 is 0 Å². The molecule has 6 heteroatoms. The predicted molar refractivity (Wildman–Crippen MR) is 117 cm³/mol. The Morgan fingerprint density at radius 1 is 0.828 bits per heavy atom. The molecule has 2 amide bonds. The van der Waals surface area contributed by atoms with Crippen molar-refractivity contribution < 1.29 is 9.59 Å². The summed E-state index contributed by atoms with van der Waals surface area (Å²) in [6.45, 7) is 7.61. The first-order valence-electron chi connectivity index (χ1n) is 9.32. The molecule has 3 N–H and O–H groups in total. The quantitative estimate of drug-likeness (QED) is 0.577. The van der Waals surface area contributed by atoms with E-state index in [0.29, 0.717) is 17.1 Å². The number of nitrogens with one attached hydrogen (secondary N) is 3. The third kappa shape index (κ3) is 5.19. The van der Waals surface area contributed by atoms with Crippen LogP contribution >= 0.6 is 0 Å². The van der Waals surface area contributed by atoms with E-state index in [4.69, 9.17) is 0 Å². The number of carbonyl (C=O) groups is 2. The highest BCUT2D eigenvalue weighted by Crippen LogP contribution is 2.26. The van der Waals surface area contributed by atoms with Gasteiger partial charge in [0.1, 0.15) is 5.69 Å². The Morgan fingerprint density at radius 3 is 2.14 bits per heavy atom. The van der Waals surface area contributed by atoms with Gasteiger partial charge in [-0.25, -0.2) is 0 Å². The van der Waals surface area contributed by atoms with Gasteiger partial charge in [-0.2, -0.15) is 0 Å². The van der Waals surface area contributed by atoms with Crippen LogP contribution in [0.15, 0.2) is 54.7 Å². The topological polar surface area (TPSA) is 83.1 Å². The molecular formula is C23H24N4O2. The fraction of sp³-hybridized carbons (Fsp3) is 0.174. The monoisotopic (exact) mass is 388 g/mol. The minimum Gasteiger partial charge on any atom is -0.355 e. The number of benzene rings is 2. The van der Waals surface area contributed by atoms with E-state index in [1.54, 1.807) is 36.5 Å². The van der Waals surface area contributed by atoms with Gasteiger partial charge in [0.2, 0.25) is 5.91 Å². The Morgan fingerprint density at radius 2 is 1.48 bits per heavy atom. The first-order valence-corrected chi connectivity index (χ1v) is 9.32. The van der Waals surface area contributed by atoms with Gasteiger partial charge in [0.05, 0.1) is 0 Å². The molecule has 0 radical (unpaired) electrons. The number of anilines is 4. The van der Waals surface area contributed by atoms with E-state index < -0.39 is 0 Å². The van der Waals surface area contributed by atoms with Crippen LogP contribution in [0.1, 0.15) is 34.1 Å². The number of hydrogen-bond donors (Lipinski definition) is 3. The average molecular weight is 388 g/mol. The largest absolute Gasteiger partial charge is 0.355 e. The van der Waals surface area contributed by atoms with Crippen molar-refractivity contribution in [3.05, 3.63) is 77.1 Å². The van der Waals surface area contributed by atoms with Crippen LogP contribution in [0.25, 0.3) is 0 Å². The van der Waals surface area contributed by atoms with E-state index in [-0.39, 0.29) is 11.8 Å².